The van der Waals surface area contributed by atoms with Crippen LogP contribution in [0.5, 0.6) is 0 Å². The van der Waals surface area contributed by atoms with Crippen molar-refractivity contribution in [3.05, 3.63) is 71.4 Å². The molecule has 0 atom stereocenters. The first-order chi connectivity index (χ1) is 11.8. The summed E-state index contributed by atoms with van der Waals surface area (Å²) in [5, 5.41) is 2.73. The molecule has 25 heavy (non-hydrogen) atoms. The Morgan fingerprint density at radius 2 is 1.60 bits per heavy atom. The highest BCUT2D eigenvalue weighted by atomic mass is 32.2. The van der Waals surface area contributed by atoms with Crippen LogP contribution in [-0.2, 0) is 9.84 Å². The third-order valence-corrected chi connectivity index (χ3v) is 5.76. The second kappa shape index (κ2) is 6.78. The van der Waals surface area contributed by atoms with Gasteiger partial charge >= 0.3 is 0 Å². The van der Waals surface area contributed by atoms with Crippen molar-refractivity contribution in [1.29, 1.82) is 0 Å². The van der Waals surface area contributed by atoms with Crippen LogP contribution < -0.4 is 5.32 Å². The third-order valence-electron chi connectivity index (χ3n) is 3.50. The van der Waals surface area contributed by atoms with Crippen molar-refractivity contribution < 1.29 is 17.6 Å². The van der Waals surface area contributed by atoms with Crippen LogP contribution in [0.2, 0.25) is 0 Å². The highest BCUT2D eigenvalue weighted by Crippen LogP contribution is 2.28. The van der Waals surface area contributed by atoms with Crippen LogP contribution in [0.15, 0.2) is 65.6 Å². The second-order valence-electron chi connectivity index (χ2n) is 5.42. The monoisotopic (exact) mass is 375 g/mol. The fourth-order valence-corrected chi connectivity index (χ4v) is 3.74. The summed E-state index contributed by atoms with van der Waals surface area (Å²) in [5.74, 6) is -0.596. The Morgan fingerprint density at radius 1 is 0.960 bits per heavy atom. The molecule has 0 unspecified atom stereocenters. The quantitative estimate of drug-likeness (QED) is 0.743. The zero-order chi connectivity index (χ0) is 18.0. The molecule has 0 aliphatic rings. The molecule has 0 bridgehead atoms. The van der Waals surface area contributed by atoms with Gasteiger partial charge in [0.15, 0.2) is 9.84 Å². The molecule has 0 radical (unpaired) electrons. The fourth-order valence-electron chi connectivity index (χ4n) is 2.21. The van der Waals surface area contributed by atoms with E-state index in [1.54, 1.807) is 36.4 Å². The zero-order valence-electron chi connectivity index (χ0n) is 13.2. The van der Waals surface area contributed by atoms with E-state index in [4.69, 9.17) is 0 Å². The Labute approximate surface area is 148 Å². The lowest BCUT2D eigenvalue weighted by Crippen LogP contribution is -2.10. The van der Waals surface area contributed by atoms with Crippen molar-refractivity contribution in [2.75, 3.05) is 11.6 Å². The molecule has 1 amide bonds. The average molecular weight is 375 g/mol. The second-order valence-corrected chi connectivity index (χ2v) is 8.52. The Bertz CT molecular complexity index is 1010. The van der Waals surface area contributed by atoms with E-state index in [0.717, 1.165) is 16.7 Å². The minimum absolute atomic E-state index is 0.195. The molecular formula is C18H14FNO3S2. The van der Waals surface area contributed by atoms with E-state index in [1.807, 2.05) is 0 Å². The van der Waals surface area contributed by atoms with E-state index in [-0.39, 0.29) is 16.6 Å². The number of carbonyl (C=O) groups excluding carboxylic acids is 1. The molecule has 0 aliphatic heterocycles. The van der Waals surface area contributed by atoms with Crippen LogP contribution in [0, 0.1) is 5.82 Å². The molecule has 4 nitrogen and oxygen atoms in total. The molecule has 0 spiro atoms. The summed E-state index contributed by atoms with van der Waals surface area (Å²) < 4.78 is 35.9. The number of nitrogens with one attached hydrogen (secondary N) is 1. The summed E-state index contributed by atoms with van der Waals surface area (Å²) in [6.45, 7) is 0. The first-order valence-electron chi connectivity index (χ1n) is 7.30. The van der Waals surface area contributed by atoms with Gasteiger partial charge in [0, 0.05) is 16.8 Å². The predicted molar refractivity (Wildman–Crippen MR) is 97.2 cm³/mol. The van der Waals surface area contributed by atoms with Gasteiger partial charge in [0.25, 0.3) is 5.91 Å². The summed E-state index contributed by atoms with van der Waals surface area (Å²) in [7, 11) is -3.27. The van der Waals surface area contributed by atoms with Gasteiger partial charge in [-0.1, -0.05) is 12.1 Å². The lowest BCUT2D eigenvalue weighted by molar-refractivity contribution is 0.103. The lowest BCUT2D eigenvalue weighted by atomic mass is 10.2. The number of hydrogen-bond donors (Lipinski definition) is 1. The summed E-state index contributed by atoms with van der Waals surface area (Å²) in [6, 6.07) is 15.6. The minimum Gasteiger partial charge on any atom is -0.321 e. The first kappa shape index (κ1) is 17.3. The molecule has 0 saturated heterocycles. The number of sulfone groups is 1. The number of carbonyl (C=O) groups is 1. The van der Waals surface area contributed by atoms with Crippen LogP contribution >= 0.6 is 11.3 Å². The molecule has 1 aromatic heterocycles. The summed E-state index contributed by atoms with van der Waals surface area (Å²) in [4.78, 5) is 13.9. The van der Waals surface area contributed by atoms with E-state index < -0.39 is 9.84 Å². The SMILES string of the molecule is CS(=O)(=O)c1ccc(NC(=O)c2ccc(-c3ccc(F)cc3)s2)cc1. The van der Waals surface area contributed by atoms with Gasteiger partial charge < -0.3 is 5.32 Å². The van der Waals surface area contributed by atoms with E-state index in [1.165, 1.54) is 35.6 Å². The van der Waals surface area contributed by atoms with Gasteiger partial charge in [-0.05, 0) is 54.1 Å². The van der Waals surface area contributed by atoms with Crippen LogP contribution in [0.4, 0.5) is 10.1 Å². The van der Waals surface area contributed by atoms with Crippen molar-refractivity contribution >= 4 is 32.8 Å². The van der Waals surface area contributed by atoms with Crippen LogP contribution in [0.1, 0.15) is 9.67 Å². The van der Waals surface area contributed by atoms with Crippen molar-refractivity contribution in [2.45, 2.75) is 4.90 Å². The van der Waals surface area contributed by atoms with Crippen molar-refractivity contribution in [3.8, 4) is 10.4 Å². The summed E-state index contributed by atoms with van der Waals surface area (Å²) in [6.07, 6.45) is 1.13. The number of rotatable bonds is 4. The Morgan fingerprint density at radius 3 is 2.20 bits per heavy atom. The number of halogens is 1. The van der Waals surface area contributed by atoms with Crippen molar-refractivity contribution in [1.82, 2.24) is 0 Å². The maximum absolute atomic E-state index is 13.0. The maximum Gasteiger partial charge on any atom is 0.265 e. The summed E-state index contributed by atoms with van der Waals surface area (Å²) >= 11 is 1.30. The number of thiophene rings is 1. The Kier molecular flexibility index (Phi) is 4.69. The highest BCUT2D eigenvalue weighted by molar-refractivity contribution is 7.90. The van der Waals surface area contributed by atoms with Gasteiger partial charge in [0.1, 0.15) is 5.82 Å². The predicted octanol–water partition coefficient (Wildman–Crippen LogP) is 4.21. The van der Waals surface area contributed by atoms with Crippen molar-refractivity contribution in [2.24, 2.45) is 0 Å². The third kappa shape index (κ3) is 4.12. The number of anilines is 1. The van der Waals surface area contributed by atoms with Gasteiger partial charge in [-0.2, -0.15) is 0 Å². The van der Waals surface area contributed by atoms with Gasteiger partial charge in [-0.25, -0.2) is 12.8 Å². The number of amides is 1. The minimum atomic E-state index is -3.27. The molecule has 0 aliphatic carbocycles. The lowest BCUT2D eigenvalue weighted by Gasteiger charge is -2.04. The van der Waals surface area contributed by atoms with Crippen molar-refractivity contribution in [3.63, 3.8) is 0 Å². The molecule has 1 heterocycles. The molecule has 1 N–H and O–H groups in total. The van der Waals surface area contributed by atoms with Crippen LogP contribution in [0.3, 0.4) is 0 Å². The molecule has 3 aromatic rings. The van der Waals surface area contributed by atoms with Gasteiger partial charge in [-0.3, -0.25) is 4.79 Å². The van der Waals surface area contributed by atoms with E-state index >= 15 is 0 Å². The van der Waals surface area contributed by atoms with E-state index in [9.17, 15) is 17.6 Å². The van der Waals surface area contributed by atoms with E-state index in [2.05, 4.69) is 5.32 Å². The Balaban J connectivity index is 1.75. The molecule has 2 aromatic carbocycles. The first-order valence-corrected chi connectivity index (χ1v) is 10.0. The smallest absolute Gasteiger partial charge is 0.265 e. The van der Waals surface area contributed by atoms with E-state index in [0.29, 0.717) is 10.6 Å². The van der Waals surface area contributed by atoms with Gasteiger partial charge in [0.2, 0.25) is 0 Å². The largest absolute Gasteiger partial charge is 0.321 e. The molecular weight excluding hydrogens is 361 g/mol. The molecule has 7 heteroatoms. The van der Waals surface area contributed by atoms with Crippen LogP contribution in [0.25, 0.3) is 10.4 Å². The normalized spacial score (nSPS) is 11.3. The molecule has 0 saturated carbocycles. The average Bonchev–Trinajstić information content (AvgIpc) is 3.05. The molecule has 128 valence electrons. The summed E-state index contributed by atoms with van der Waals surface area (Å²) in [5.41, 5.74) is 1.34. The number of hydrogen-bond acceptors (Lipinski definition) is 4. The van der Waals surface area contributed by atoms with Crippen LogP contribution in [-0.4, -0.2) is 20.6 Å². The fraction of sp³-hybridized carbons (Fsp3) is 0.0556. The Hall–Kier alpha value is -2.51. The maximum atomic E-state index is 13.0. The standard InChI is InChI=1S/C18H14FNO3S2/c1-25(22,23)15-8-6-14(7-9-15)20-18(21)17-11-10-16(24-17)12-2-4-13(19)5-3-12/h2-11H,1H3,(H,20,21). The molecule has 3 rings (SSSR count). The van der Waals surface area contributed by atoms with Gasteiger partial charge in [0.05, 0.1) is 9.77 Å². The zero-order valence-corrected chi connectivity index (χ0v) is 14.8. The molecule has 0 fully saturated rings. The topological polar surface area (TPSA) is 63.2 Å². The highest BCUT2D eigenvalue weighted by Gasteiger charge is 2.12. The number of benzene rings is 2. The van der Waals surface area contributed by atoms with Gasteiger partial charge in [-0.15, -0.1) is 11.3 Å².